The Balaban J connectivity index is 1.55. The minimum atomic E-state index is -0.425. The second-order valence-electron chi connectivity index (χ2n) is 6.23. The molecular weight excluding hydrogens is 393 g/mol. The summed E-state index contributed by atoms with van der Waals surface area (Å²) in [5.74, 6) is -1.37. The Labute approximate surface area is 170 Å². The second-order valence-corrected chi connectivity index (χ2v) is 7.23. The average molecular weight is 411 g/mol. The number of aromatic nitrogens is 1. The molecule has 3 aromatic rings. The van der Waals surface area contributed by atoms with Gasteiger partial charge >= 0.3 is 0 Å². The fraction of sp³-hybridized carbons (Fsp3) is 0.143. The van der Waals surface area contributed by atoms with Crippen molar-refractivity contribution in [1.82, 2.24) is 4.98 Å². The van der Waals surface area contributed by atoms with E-state index >= 15 is 0 Å². The Hall–Kier alpha value is -3.39. The Morgan fingerprint density at radius 1 is 0.966 bits per heavy atom. The Morgan fingerprint density at radius 3 is 2.34 bits per heavy atom. The van der Waals surface area contributed by atoms with Crippen molar-refractivity contribution in [3.05, 3.63) is 76.5 Å². The second kappa shape index (κ2) is 9.20. The van der Waals surface area contributed by atoms with Crippen LogP contribution in [0.15, 0.2) is 54.6 Å². The van der Waals surface area contributed by atoms with Gasteiger partial charge in [0.25, 0.3) is 5.91 Å². The predicted molar refractivity (Wildman–Crippen MR) is 110 cm³/mol. The van der Waals surface area contributed by atoms with Gasteiger partial charge in [0.2, 0.25) is 5.91 Å². The normalized spacial score (nSPS) is 10.4. The largest absolute Gasteiger partial charge is 0.321 e. The number of aryl methyl sites for hydroxylation is 1. The van der Waals surface area contributed by atoms with E-state index < -0.39 is 5.82 Å². The van der Waals surface area contributed by atoms with Crippen molar-refractivity contribution in [2.24, 2.45) is 0 Å². The average Bonchev–Trinajstić information content (AvgIpc) is 3.07. The van der Waals surface area contributed by atoms with Gasteiger partial charge in [0.15, 0.2) is 10.9 Å². The fourth-order valence-electron chi connectivity index (χ4n) is 2.56. The van der Waals surface area contributed by atoms with Crippen molar-refractivity contribution >= 4 is 39.8 Å². The molecule has 2 N–H and O–H groups in total. The van der Waals surface area contributed by atoms with Gasteiger partial charge in [-0.25, -0.2) is 9.37 Å². The summed E-state index contributed by atoms with van der Waals surface area (Å²) >= 11 is 1.07. The molecule has 0 saturated carbocycles. The molecule has 0 radical (unpaired) electrons. The van der Waals surface area contributed by atoms with Crippen molar-refractivity contribution < 1.29 is 18.8 Å². The van der Waals surface area contributed by atoms with Crippen LogP contribution in [0.5, 0.6) is 0 Å². The predicted octanol–water partition coefficient (Wildman–Crippen LogP) is 4.44. The highest BCUT2D eigenvalue weighted by molar-refractivity contribution is 7.17. The quantitative estimate of drug-likeness (QED) is 0.563. The third-order valence-electron chi connectivity index (χ3n) is 4.03. The van der Waals surface area contributed by atoms with Gasteiger partial charge in [0, 0.05) is 24.1 Å². The number of Topliss-reactive ketones (excluding diaryl/α,β-unsaturated/α-hetero) is 1. The van der Waals surface area contributed by atoms with Gasteiger partial charge < -0.3 is 10.6 Å². The van der Waals surface area contributed by atoms with E-state index in [-0.39, 0.29) is 30.4 Å². The number of anilines is 2. The number of thiazole rings is 1. The highest BCUT2D eigenvalue weighted by atomic mass is 32.1. The molecular formula is C21H18FN3O3S. The first kappa shape index (κ1) is 20.3. The van der Waals surface area contributed by atoms with Crippen LogP contribution in [-0.4, -0.2) is 22.6 Å². The number of amides is 2. The number of ketones is 1. The molecule has 3 rings (SSSR count). The lowest BCUT2D eigenvalue weighted by Gasteiger charge is -2.03. The minimum Gasteiger partial charge on any atom is -0.321 e. The Bertz CT molecular complexity index is 1030. The first-order valence-corrected chi connectivity index (χ1v) is 9.66. The zero-order valence-electron chi connectivity index (χ0n) is 15.6. The summed E-state index contributed by atoms with van der Waals surface area (Å²) < 4.78 is 12.9. The molecule has 0 atom stereocenters. The van der Waals surface area contributed by atoms with E-state index in [1.165, 1.54) is 24.3 Å². The van der Waals surface area contributed by atoms with Gasteiger partial charge in [-0.05, 0) is 43.3 Å². The van der Waals surface area contributed by atoms with Crippen molar-refractivity contribution in [3.8, 4) is 0 Å². The molecule has 0 aliphatic carbocycles. The Morgan fingerprint density at radius 2 is 1.66 bits per heavy atom. The molecule has 1 aromatic heterocycles. The standard InChI is InChI=1S/C21H18FN3O3S/c1-13-19(20(28)24-16-5-3-2-4-6-16)29-21(23-13)25-18(27)12-11-17(26)14-7-9-15(22)10-8-14/h2-10H,11-12H2,1H3,(H,24,28)(H,23,25,27). The van der Waals surface area contributed by atoms with Crippen LogP contribution in [0.2, 0.25) is 0 Å². The maximum Gasteiger partial charge on any atom is 0.267 e. The highest BCUT2D eigenvalue weighted by Crippen LogP contribution is 2.24. The van der Waals surface area contributed by atoms with E-state index in [2.05, 4.69) is 15.6 Å². The molecule has 29 heavy (non-hydrogen) atoms. The van der Waals surface area contributed by atoms with Crippen molar-refractivity contribution in [2.45, 2.75) is 19.8 Å². The monoisotopic (exact) mass is 411 g/mol. The molecule has 0 fully saturated rings. The molecule has 8 heteroatoms. The number of nitrogens with zero attached hydrogens (tertiary/aromatic N) is 1. The molecule has 2 aromatic carbocycles. The number of hydrogen-bond donors (Lipinski definition) is 2. The van der Waals surface area contributed by atoms with Crippen LogP contribution in [0, 0.1) is 12.7 Å². The van der Waals surface area contributed by atoms with Crippen LogP contribution in [0.1, 0.15) is 38.6 Å². The topological polar surface area (TPSA) is 88.2 Å². The molecule has 0 unspecified atom stereocenters. The number of rotatable bonds is 7. The van der Waals surface area contributed by atoms with Crippen LogP contribution in [0.25, 0.3) is 0 Å². The van der Waals surface area contributed by atoms with Crippen LogP contribution in [-0.2, 0) is 4.79 Å². The zero-order valence-corrected chi connectivity index (χ0v) is 16.4. The summed E-state index contributed by atoms with van der Waals surface area (Å²) in [5.41, 5.74) is 1.51. The lowest BCUT2D eigenvalue weighted by Crippen LogP contribution is -2.13. The van der Waals surface area contributed by atoms with E-state index in [1.54, 1.807) is 19.1 Å². The lowest BCUT2D eigenvalue weighted by atomic mass is 10.1. The van der Waals surface area contributed by atoms with Crippen LogP contribution >= 0.6 is 11.3 Å². The van der Waals surface area contributed by atoms with Gasteiger partial charge in [0.1, 0.15) is 10.7 Å². The highest BCUT2D eigenvalue weighted by Gasteiger charge is 2.17. The zero-order chi connectivity index (χ0) is 20.8. The fourth-order valence-corrected chi connectivity index (χ4v) is 3.44. The number of benzene rings is 2. The first-order chi connectivity index (χ1) is 13.9. The van der Waals surface area contributed by atoms with E-state index in [4.69, 9.17) is 0 Å². The van der Waals surface area contributed by atoms with Crippen molar-refractivity contribution in [2.75, 3.05) is 10.6 Å². The molecule has 0 saturated heterocycles. The number of para-hydroxylation sites is 1. The maximum absolute atomic E-state index is 12.9. The number of carbonyl (C=O) groups excluding carboxylic acids is 3. The molecule has 0 aliphatic heterocycles. The summed E-state index contributed by atoms with van der Waals surface area (Å²) in [7, 11) is 0. The minimum absolute atomic E-state index is 0.0107. The van der Waals surface area contributed by atoms with Gasteiger partial charge in [-0.3, -0.25) is 14.4 Å². The van der Waals surface area contributed by atoms with Crippen LogP contribution in [0.4, 0.5) is 15.2 Å². The molecule has 0 bridgehead atoms. The molecule has 0 spiro atoms. The van der Waals surface area contributed by atoms with Gasteiger partial charge in [-0.1, -0.05) is 29.5 Å². The summed E-state index contributed by atoms with van der Waals surface area (Å²) in [6, 6.07) is 14.2. The van der Waals surface area contributed by atoms with Crippen molar-refractivity contribution in [3.63, 3.8) is 0 Å². The van der Waals surface area contributed by atoms with Crippen molar-refractivity contribution in [1.29, 1.82) is 0 Å². The Kier molecular flexibility index (Phi) is 6.46. The van der Waals surface area contributed by atoms with Crippen LogP contribution in [0.3, 0.4) is 0 Å². The summed E-state index contributed by atoms with van der Waals surface area (Å²) in [6.45, 7) is 1.68. The summed E-state index contributed by atoms with van der Waals surface area (Å²) in [4.78, 5) is 41.2. The number of nitrogens with one attached hydrogen (secondary N) is 2. The third kappa shape index (κ3) is 5.55. The van der Waals surface area contributed by atoms with E-state index in [0.717, 1.165) is 11.3 Å². The molecule has 1 heterocycles. The molecule has 148 valence electrons. The molecule has 6 nitrogen and oxygen atoms in total. The SMILES string of the molecule is Cc1nc(NC(=O)CCC(=O)c2ccc(F)cc2)sc1C(=O)Nc1ccccc1. The molecule has 0 aliphatic rings. The van der Waals surface area contributed by atoms with Gasteiger partial charge in [-0.2, -0.15) is 0 Å². The van der Waals surface area contributed by atoms with Gasteiger partial charge in [-0.15, -0.1) is 0 Å². The van der Waals surface area contributed by atoms with Crippen LogP contribution < -0.4 is 10.6 Å². The van der Waals surface area contributed by atoms with E-state index in [9.17, 15) is 18.8 Å². The smallest absolute Gasteiger partial charge is 0.267 e. The third-order valence-corrected chi connectivity index (χ3v) is 5.10. The number of hydrogen-bond acceptors (Lipinski definition) is 5. The first-order valence-electron chi connectivity index (χ1n) is 8.85. The van der Waals surface area contributed by atoms with E-state index in [1.807, 2.05) is 18.2 Å². The lowest BCUT2D eigenvalue weighted by molar-refractivity contribution is -0.116. The number of carbonyl (C=O) groups is 3. The number of halogens is 1. The van der Waals surface area contributed by atoms with E-state index in [0.29, 0.717) is 27.0 Å². The molecule has 2 amide bonds. The maximum atomic E-state index is 12.9. The summed E-state index contributed by atoms with van der Waals surface area (Å²) in [6.07, 6.45) is -0.0520. The summed E-state index contributed by atoms with van der Waals surface area (Å²) in [5, 5.41) is 5.68. The van der Waals surface area contributed by atoms with Gasteiger partial charge in [0.05, 0.1) is 5.69 Å².